The van der Waals surface area contributed by atoms with Gasteiger partial charge >= 0.3 is 30.2 Å². The fourth-order valence-electron chi connectivity index (χ4n) is 5.36. The fourth-order valence-corrected chi connectivity index (χ4v) is 5.36. The fraction of sp³-hybridized carbons (Fsp3) is 0.200. The number of benzene rings is 4. The van der Waals surface area contributed by atoms with Gasteiger partial charge in [-0.2, -0.15) is 12.1 Å². The topological polar surface area (TPSA) is 0 Å². The van der Waals surface area contributed by atoms with Crippen LogP contribution in [-0.4, -0.2) is 6.88 Å². The Kier molecular flexibility index (Phi) is 19.7. The zero-order valence-electron chi connectivity index (χ0n) is 27.0. The van der Waals surface area contributed by atoms with E-state index in [-0.39, 0.29) is 39.7 Å². The number of rotatable bonds is 6. The van der Waals surface area contributed by atoms with Crippen LogP contribution in [0.25, 0.3) is 43.8 Å². The molecule has 0 saturated carbocycles. The molecule has 6 rings (SSSR count). The number of hydrogen-bond acceptors (Lipinski definition) is 0. The molecular weight excluding hydrogens is 671 g/mol. The van der Waals surface area contributed by atoms with Crippen LogP contribution in [0.2, 0.25) is 0 Å². The summed E-state index contributed by atoms with van der Waals surface area (Å²) < 4.78 is 0. The molecule has 0 unspecified atom stereocenters. The van der Waals surface area contributed by atoms with Crippen molar-refractivity contribution in [2.75, 3.05) is 0 Å². The van der Waals surface area contributed by atoms with Gasteiger partial charge in [0.05, 0.1) is 0 Å². The Morgan fingerprint density at radius 3 is 1.80 bits per heavy atom. The van der Waals surface area contributed by atoms with Crippen molar-refractivity contribution in [3.63, 3.8) is 0 Å². The summed E-state index contributed by atoms with van der Waals surface area (Å²) in [6.07, 6.45) is 3.72. The van der Waals surface area contributed by atoms with Gasteiger partial charge in [-0.05, 0) is 23.5 Å². The maximum absolute atomic E-state index is 3.06. The van der Waals surface area contributed by atoms with Crippen molar-refractivity contribution in [2.24, 2.45) is 0 Å². The third-order valence-corrected chi connectivity index (χ3v) is 7.59. The second-order valence-corrected chi connectivity index (χ2v) is 10.7. The van der Waals surface area contributed by atoms with Crippen molar-refractivity contribution < 1.29 is 23.3 Å². The Labute approximate surface area is 296 Å². The third kappa shape index (κ3) is 10.1. The third-order valence-electron chi connectivity index (χ3n) is 7.59. The van der Waals surface area contributed by atoms with Gasteiger partial charge in [0, 0.05) is 0 Å². The van der Waals surface area contributed by atoms with E-state index in [1.807, 2.05) is 0 Å². The molecule has 0 fully saturated rings. The predicted molar refractivity (Wildman–Crippen MR) is 200 cm³/mol. The maximum atomic E-state index is 3.06. The van der Waals surface area contributed by atoms with E-state index in [9.17, 15) is 0 Å². The molecule has 44 heavy (non-hydrogen) atoms. The molecule has 0 amide bonds. The first-order chi connectivity index (χ1) is 19.5. The summed E-state index contributed by atoms with van der Waals surface area (Å²) in [6, 6.07) is 41.8. The monoisotopic (exact) mass is 714 g/mol. The molecule has 6 aromatic rings. The second-order valence-electron chi connectivity index (χ2n) is 10.7. The molecule has 0 spiro atoms. The van der Waals surface area contributed by atoms with E-state index in [1.54, 1.807) is 0 Å². The molecule has 2 radical (unpaired) electrons. The van der Waals surface area contributed by atoms with Crippen LogP contribution in [-0.2, 0) is 29.8 Å². The number of aryl methyl sites for hydroxylation is 2. The van der Waals surface area contributed by atoms with E-state index in [0.717, 1.165) is 0 Å². The van der Waals surface area contributed by atoms with Gasteiger partial charge in [-0.3, -0.25) is 0 Å². The Hall–Kier alpha value is -2.22. The molecule has 0 atom stereocenters. The summed E-state index contributed by atoms with van der Waals surface area (Å²) in [5, 5.41) is 5.53. The van der Waals surface area contributed by atoms with Crippen LogP contribution in [0.1, 0.15) is 56.2 Å². The first-order valence-electron chi connectivity index (χ1n) is 14.3. The number of hydrogen-bond donors (Lipinski definition) is 0. The Bertz CT molecular complexity index is 1650. The summed E-state index contributed by atoms with van der Waals surface area (Å²) >= 11 is 1.36. The van der Waals surface area contributed by atoms with Crippen molar-refractivity contribution in [2.45, 2.75) is 52.9 Å². The van der Waals surface area contributed by atoms with Crippen molar-refractivity contribution in [1.82, 2.24) is 0 Å². The predicted octanol–water partition coefficient (Wildman–Crippen LogP) is 12.6. The molecule has 0 heterocycles. The minimum atomic E-state index is 0. The quantitative estimate of drug-likeness (QED) is 0.119. The van der Waals surface area contributed by atoms with Crippen LogP contribution in [0.4, 0.5) is 0 Å². The summed E-state index contributed by atoms with van der Waals surface area (Å²) in [7, 11) is 0. The van der Waals surface area contributed by atoms with E-state index in [2.05, 4.69) is 150 Å². The summed E-state index contributed by atoms with van der Waals surface area (Å²) in [6.45, 7) is 12.0. The summed E-state index contributed by atoms with van der Waals surface area (Å²) in [5.74, 6) is 0.584. The number of fused-ring (bicyclic) bond motifs is 2. The van der Waals surface area contributed by atoms with Crippen LogP contribution in [0, 0.1) is 21.8 Å². The van der Waals surface area contributed by atoms with Crippen molar-refractivity contribution in [3.05, 3.63) is 147 Å². The average molecular weight is 717 g/mol. The van der Waals surface area contributed by atoms with Crippen LogP contribution in [0.3, 0.4) is 0 Å². The molecule has 0 nitrogen and oxygen atoms in total. The van der Waals surface area contributed by atoms with Gasteiger partial charge in [0.15, 0.2) is 0 Å². The molecule has 0 bridgehead atoms. The zero-order chi connectivity index (χ0) is 28.5. The molecule has 0 aliphatic heterocycles. The van der Waals surface area contributed by atoms with Gasteiger partial charge in [0.1, 0.15) is 0 Å². The molecule has 0 saturated heterocycles. The number of unbranched alkanes of at least 4 members (excludes halogenated alkanes) is 1. The molecule has 0 aliphatic carbocycles. The van der Waals surface area contributed by atoms with Gasteiger partial charge in [0.2, 0.25) is 0 Å². The second kappa shape index (κ2) is 20.7. The van der Waals surface area contributed by atoms with Crippen molar-refractivity contribution in [1.29, 1.82) is 0 Å². The van der Waals surface area contributed by atoms with Gasteiger partial charge in [-0.15, -0.1) is 93.4 Å². The Balaban J connectivity index is 0.000000735. The summed E-state index contributed by atoms with van der Waals surface area (Å²) in [4.78, 5) is 0. The Morgan fingerprint density at radius 2 is 1.25 bits per heavy atom. The minimum absolute atomic E-state index is 0. The standard InChI is InChI=1S/C20H21.C18H17.2CH3.2ClH.Si.Zr/c1-3-4-8-16-13-19-15(2)11-12-18(20(19)14-16)17-9-6-5-7-10-17;1-13(2)16-11-15-9-6-10-17(18(15)12-16)14-7-4-3-5-8-14;;;;;;/h5-7,9-14H,3-4,8H2,1-2H3;3-13H,1-2H3;2*1H3;2*1H;;/q4*-1;;;;. The van der Waals surface area contributed by atoms with Crippen LogP contribution < -0.4 is 0 Å². The normalized spacial score (nSPS) is 9.73. The van der Waals surface area contributed by atoms with Crippen molar-refractivity contribution in [3.8, 4) is 22.3 Å². The van der Waals surface area contributed by atoms with Crippen LogP contribution in [0.5, 0.6) is 0 Å². The van der Waals surface area contributed by atoms with Crippen LogP contribution >= 0.6 is 24.8 Å². The van der Waals surface area contributed by atoms with Gasteiger partial charge < -0.3 is 14.9 Å². The van der Waals surface area contributed by atoms with Gasteiger partial charge in [-0.25, -0.2) is 0 Å². The molecule has 6 aromatic carbocycles. The van der Waals surface area contributed by atoms with E-state index >= 15 is 0 Å². The van der Waals surface area contributed by atoms with Crippen molar-refractivity contribution >= 4 is 53.2 Å². The molecule has 0 aromatic heterocycles. The summed E-state index contributed by atoms with van der Waals surface area (Å²) in [5.41, 5.74) is 9.58. The van der Waals surface area contributed by atoms with Crippen LogP contribution in [0.15, 0.2) is 115 Å². The molecule has 4 heteroatoms. The number of halogens is 2. The molecule has 232 valence electrons. The van der Waals surface area contributed by atoms with E-state index < -0.39 is 0 Å². The SMILES string of the molecule is CC(C)c1cc2c(-c3ccccc3)cccc2[cH-]1.CCCCc1cc2c(-c3ccccc3)ccc(C)c2[cH-]1.Cl.Cl.[CH3-].[CH3-].[Si]=[Zr]. The molecule has 0 aliphatic rings. The molecular formula is C40H46Cl2SiZr-4. The van der Waals surface area contributed by atoms with E-state index in [1.165, 1.54) is 103 Å². The zero-order valence-corrected chi connectivity index (χ0v) is 32.1. The Morgan fingerprint density at radius 1 is 0.682 bits per heavy atom. The van der Waals surface area contributed by atoms with E-state index in [4.69, 9.17) is 0 Å². The molecule has 0 N–H and O–H groups in total. The first kappa shape index (κ1) is 41.8. The van der Waals surface area contributed by atoms with E-state index in [0.29, 0.717) is 5.92 Å². The first-order valence-corrected chi connectivity index (χ1v) is 18.5. The average Bonchev–Trinajstić information content (AvgIpc) is 3.64. The van der Waals surface area contributed by atoms with Gasteiger partial charge in [-0.1, -0.05) is 124 Å². The van der Waals surface area contributed by atoms with Gasteiger partial charge in [0.25, 0.3) is 0 Å².